The second kappa shape index (κ2) is 9.17. The van der Waals surface area contributed by atoms with Crippen LogP contribution in [0.15, 0.2) is 42.6 Å². The monoisotopic (exact) mass is 444 g/mol. The topological polar surface area (TPSA) is 77.6 Å². The largest absolute Gasteiger partial charge is 0.352 e. The van der Waals surface area contributed by atoms with Gasteiger partial charge in [-0.1, -0.05) is 36.8 Å². The minimum atomic E-state index is -0.112. The van der Waals surface area contributed by atoms with Gasteiger partial charge in [0.25, 0.3) is 5.91 Å². The van der Waals surface area contributed by atoms with Gasteiger partial charge in [-0.25, -0.2) is 9.67 Å². The summed E-state index contributed by atoms with van der Waals surface area (Å²) < 4.78 is 3.87. The number of carbonyl (C=O) groups is 1. The fourth-order valence-electron chi connectivity index (χ4n) is 4.04. The SMILES string of the molecule is Cc1ccc(-c2cc(C(=O)NCC(C)Cn3nc(C)cc3C)c3cnn(C(C)C)c3n2)cc1. The van der Waals surface area contributed by atoms with Crippen molar-refractivity contribution in [2.75, 3.05) is 6.54 Å². The van der Waals surface area contributed by atoms with E-state index in [1.807, 2.05) is 34.5 Å². The predicted octanol–water partition coefficient (Wildman–Crippen LogP) is 4.87. The molecule has 1 atom stereocenters. The number of aryl methyl sites for hydroxylation is 3. The minimum absolute atomic E-state index is 0.112. The van der Waals surface area contributed by atoms with Gasteiger partial charge in [0.2, 0.25) is 0 Å². The lowest BCUT2D eigenvalue weighted by atomic mass is 10.0. The van der Waals surface area contributed by atoms with Gasteiger partial charge in [0, 0.05) is 30.4 Å². The summed E-state index contributed by atoms with van der Waals surface area (Å²) in [6, 6.07) is 12.3. The van der Waals surface area contributed by atoms with E-state index in [9.17, 15) is 4.79 Å². The molecule has 1 unspecified atom stereocenters. The normalized spacial score (nSPS) is 12.5. The number of nitrogens with one attached hydrogen (secondary N) is 1. The average Bonchev–Trinajstić information content (AvgIpc) is 3.34. The van der Waals surface area contributed by atoms with Crippen molar-refractivity contribution in [1.82, 2.24) is 29.9 Å². The number of nitrogens with zero attached hydrogens (tertiary/aromatic N) is 5. The molecule has 7 nitrogen and oxygen atoms in total. The van der Waals surface area contributed by atoms with E-state index in [1.165, 1.54) is 5.56 Å². The van der Waals surface area contributed by atoms with Crippen LogP contribution in [0.5, 0.6) is 0 Å². The molecular formula is C26H32N6O. The highest BCUT2D eigenvalue weighted by Gasteiger charge is 2.19. The van der Waals surface area contributed by atoms with Gasteiger partial charge in [-0.15, -0.1) is 0 Å². The maximum atomic E-state index is 13.3. The molecule has 1 aromatic carbocycles. The van der Waals surface area contributed by atoms with E-state index in [2.05, 4.69) is 68.3 Å². The molecule has 1 amide bonds. The zero-order valence-electron chi connectivity index (χ0n) is 20.3. The van der Waals surface area contributed by atoms with E-state index in [0.717, 1.165) is 40.2 Å². The number of aromatic nitrogens is 5. The molecule has 0 spiro atoms. The minimum Gasteiger partial charge on any atom is -0.352 e. The van der Waals surface area contributed by atoms with Gasteiger partial charge in [-0.05, 0) is 52.7 Å². The molecule has 0 bridgehead atoms. The van der Waals surface area contributed by atoms with E-state index < -0.39 is 0 Å². The van der Waals surface area contributed by atoms with Crippen molar-refractivity contribution in [3.05, 3.63) is 65.1 Å². The van der Waals surface area contributed by atoms with Crippen molar-refractivity contribution in [3.8, 4) is 11.3 Å². The summed E-state index contributed by atoms with van der Waals surface area (Å²) in [6.45, 7) is 13.7. The Hall–Kier alpha value is -3.48. The molecule has 3 aromatic heterocycles. The maximum Gasteiger partial charge on any atom is 0.252 e. The first kappa shape index (κ1) is 22.7. The Kier molecular flexibility index (Phi) is 6.31. The van der Waals surface area contributed by atoms with Crippen LogP contribution in [0.4, 0.5) is 0 Å². The molecular weight excluding hydrogens is 412 g/mol. The van der Waals surface area contributed by atoms with Gasteiger partial charge in [0.05, 0.1) is 28.5 Å². The summed E-state index contributed by atoms with van der Waals surface area (Å²) in [5, 5.41) is 12.9. The number of pyridine rings is 1. The van der Waals surface area contributed by atoms with Crippen LogP contribution in [0.3, 0.4) is 0 Å². The summed E-state index contributed by atoms with van der Waals surface area (Å²) >= 11 is 0. The lowest BCUT2D eigenvalue weighted by Crippen LogP contribution is -2.30. The molecule has 0 saturated carbocycles. The van der Waals surface area contributed by atoms with E-state index in [1.54, 1.807) is 6.20 Å². The van der Waals surface area contributed by atoms with Gasteiger partial charge < -0.3 is 5.32 Å². The summed E-state index contributed by atoms with van der Waals surface area (Å²) in [4.78, 5) is 18.2. The molecule has 7 heteroatoms. The van der Waals surface area contributed by atoms with E-state index in [4.69, 9.17) is 4.98 Å². The second-order valence-corrected chi connectivity index (χ2v) is 9.27. The van der Waals surface area contributed by atoms with Crippen LogP contribution in [0.2, 0.25) is 0 Å². The van der Waals surface area contributed by atoms with E-state index >= 15 is 0 Å². The Balaban J connectivity index is 1.61. The third kappa shape index (κ3) is 4.82. The first-order valence-electron chi connectivity index (χ1n) is 11.5. The number of rotatable bonds is 7. The van der Waals surface area contributed by atoms with Crippen molar-refractivity contribution < 1.29 is 4.79 Å². The number of fused-ring (bicyclic) bond motifs is 1. The van der Waals surface area contributed by atoms with Crippen LogP contribution < -0.4 is 5.32 Å². The number of hydrogen-bond acceptors (Lipinski definition) is 4. The van der Waals surface area contributed by atoms with Crippen LogP contribution in [0, 0.1) is 26.7 Å². The molecule has 0 saturated heterocycles. The molecule has 3 heterocycles. The highest BCUT2D eigenvalue weighted by molar-refractivity contribution is 6.06. The number of carbonyl (C=O) groups excluding carboxylic acids is 1. The van der Waals surface area contributed by atoms with Crippen LogP contribution >= 0.6 is 0 Å². The average molecular weight is 445 g/mol. The summed E-state index contributed by atoms with van der Waals surface area (Å²) in [5.41, 5.74) is 6.39. The van der Waals surface area contributed by atoms with E-state index in [-0.39, 0.29) is 17.9 Å². The van der Waals surface area contributed by atoms with Crippen LogP contribution in [0.1, 0.15) is 54.1 Å². The lowest BCUT2D eigenvalue weighted by molar-refractivity contribution is 0.0948. The first-order valence-corrected chi connectivity index (χ1v) is 11.5. The van der Waals surface area contributed by atoms with Gasteiger partial charge in [-0.3, -0.25) is 9.48 Å². The predicted molar refractivity (Wildman–Crippen MR) is 131 cm³/mol. The molecule has 1 N–H and O–H groups in total. The molecule has 0 radical (unpaired) electrons. The van der Waals surface area contributed by atoms with Crippen molar-refractivity contribution >= 4 is 16.9 Å². The molecule has 0 fully saturated rings. The second-order valence-electron chi connectivity index (χ2n) is 9.27. The van der Waals surface area contributed by atoms with Gasteiger partial charge in [0.15, 0.2) is 5.65 Å². The summed E-state index contributed by atoms with van der Waals surface area (Å²) in [7, 11) is 0. The smallest absolute Gasteiger partial charge is 0.252 e. The zero-order chi connectivity index (χ0) is 23.7. The van der Waals surface area contributed by atoms with Crippen LogP contribution in [0.25, 0.3) is 22.3 Å². The Morgan fingerprint density at radius 3 is 2.42 bits per heavy atom. The zero-order valence-corrected chi connectivity index (χ0v) is 20.3. The van der Waals surface area contributed by atoms with Gasteiger partial charge in [-0.2, -0.15) is 10.2 Å². The lowest BCUT2D eigenvalue weighted by Gasteiger charge is -2.15. The summed E-state index contributed by atoms with van der Waals surface area (Å²) in [6.07, 6.45) is 1.75. The standard InChI is InChI=1S/C26H32N6O/c1-16(2)32-25-23(14-28-32)22(12-24(29-25)21-9-7-17(3)8-10-21)26(33)27-13-18(4)15-31-20(6)11-19(5)30-31/h7-12,14,16,18H,13,15H2,1-6H3,(H,27,33). The Labute approximate surface area is 194 Å². The van der Waals surface area contributed by atoms with Crippen molar-refractivity contribution in [1.29, 1.82) is 0 Å². The molecule has 4 aromatic rings. The molecule has 0 aliphatic heterocycles. The Bertz CT molecular complexity index is 1280. The molecule has 0 aliphatic carbocycles. The number of hydrogen-bond donors (Lipinski definition) is 1. The fraction of sp³-hybridized carbons (Fsp3) is 0.385. The van der Waals surface area contributed by atoms with Crippen LogP contribution in [-0.2, 0) is 6.54 Å². The van der Waals surface area contributed by atoms with Gasteiger partial charge >= 0.3 is 0 Å². The van der Waals surface area contributed by atoms with Crippen LogP contribution in [-0.4, -0.2) is 37.0 Å². The molecule has 0 aliphatic rings. The molecule has 172 valence electrons. The quantitative estimate of drug-likeness (QED) is 0.441. The number of benzene rings is 1. The number of amides is 1. The van der Waals surface area contributed by atoms with Crippen molar-refractivity contribution in [2.45, 2.75) is 54.1 Å². The van der Waals surface area contributed by atoms with Crippen molar-refractivity contribution in [3.63, 3.8) is 0 Å². The van der Waals surface area contributed by atoms with E-state index in [0.29, 0.717) is 12.1 Å². The Morgan fingerprint density at radius 2 is 1.79 bits per heavy atom. The van der Waals surface area contributed by atoms with Crippen molar-refractivity contribution in [2.24, 2.45) is 5.92 Å². The highest BCUT2D eigenvalue weighted by Crippen LogP contribution is 2.26. The Morgan fingerprint density at radius 1 is 1.06 bits per heavy atom. The summed E-state index contributed by atoms with van der Waals surface area (Å²) in [5.74, 6) is 0.124. The molecule has 4 rings (SSSR count). The fourth-order valence-corrected chi connectivity index (χ4v) is 4.04. The third-order valence-electron chi connectivity index (χ3n) is 5.85. The first-order chi connectivity index (χ1) is 15.7. The maximum absolute atomic E-state index is 13.3. The highest BCUT2D eigenvalue weighted by atomic mass is 16.1. The third-order valence-corrected chi connectivity index (χ3v) is 5.85. The van der Waals surface area contributed by atoms with Gasteiger partial charge in [0.1, 0.15) is 0 Å². The molecule has 33 heavy (non-hydrogen) atoms.